The molecule has 1 saturated heterocycles. The zero-order valence-corrected chi connectivity index (χ0v) is 11.0. The van der Waals surface area contributed by atoms with Gasteiger partial charge in [-0.1, -0.05) is 26.5 Å². The van der Waals surface area contributed by atoms with Crippen LogP contribution < -0.4 is 5.32 Å². The van der Waals surface area contributed by atoms with E-state index in [1.165, 1.54) is 6.08 Å². The maximum atomic E-state index is 11.8. The van der Waals surface area contributed by atoms with Crippen LogP contribution in [0.15, 0.2) is 12.7 Å². The van der Waals surface area contributed by atoms with Crippen LogP contribution in [0.2, 0.25) is 0 Å². The van der Waals surface area contributed by atoms with E-state index in [4.69, 9.17) is 19.2 Å². The van der Waals surface area contributed by atoms with E-state index in [0.717, 1.165) is 0 Å². The molecule has 0 saturated carbocycles. The average Bonchev–Trinajstić information content (AvgIpc) is 2.85. The first-order valence-electron chi connectivity index (χ1n) is 5.86. The summed E-state index contributed by atoms with van der Waals surface area (Å²) in [7, 11) is 0. The summed E-state index contributed by atoms with van der Waals surface area (Å²) in [5.74, 6) is -0.890. The van der Waals surface area contributed by atoms with E-state index in [2.05, 4.69) is 11.9 Å². The molecule has 108 valence electrons. The molecule has 0 aromatic rings. The van der Waals surface area contributed by atoms with Crippen LogP contribution in [0.5, 0.6) is 0 Å². The number of nitrogens with zero attached hydrogens (tertiary/aromatic N) is 1. The molecule has 1 amide bonds. The molecule has 1 atom stereocenters. The molecule has 0 spiro atoms. The van der Waals surface area contributed by atoms with Crippen molar-refractivity contribution >= 4 is 12.1 Å². The molecule has 1 N–H and O–H groups in total. The Balaban J connectivity index is 2.48. The SMILES string of the molecule is C=CCOC(=O)NC(C(=O)ON1OCCO1)C(C)C. The Bertz CT molecular complexity index is 327. The molecule has 1 fully saturated rings. The van der Waals surface area contributed by atoms with Crippen LogP contribution in [0.25, 0.3) is 0 Å². The molecule has 1 unspecified atom stereocenters. The zero-order valence-electron chi connectivity index (χ0n) is 11.0. The molecule has 1 aliphatic rings. The molecule has 8 nitrogen and oxygen atoms in total. The average molecular weight is 274 g/mol. The van der Waals surface area contributed by atoms with Crippen LogP contribution in [0, 0.1) is 5.92 Å². The summed E-state index contributed by atoms with van der Waals surface area (Å²) in [4.78, 5) is 37.7. The lowest BCUT2D eigenvalue weighted by Crippen LogP contribution is -2.47. The minimum atomic E-state index is -0.870. The number of hydrogen-bond acceptors (Lipinski definition) is 7. The van der Waals surface area contributed by atoms with Crippen LogP contribution in [0.3, 0.4) is 0 Å². The van der Waals surface area contributed by atoms with Gasteiger partial charge in [-0.2, -0.15) is 0 Å². The number of carbonyl (C=O) groups excluding carboxylic acids is 2. The largest absolute Gasteiger partial charge is 0.445 e. The monoisotopic (exact) mass is 274 g/mol. The van der Waals surface area contributed by atoms with E-state index in [0.29, 0.717) is 18.6 Å². The van der Waals surface area contributed by atoms with Crippen LogP contribution in [-0.4, -0.2) is 43.3 Å². The van der Waals surface area contributed by atoms with Gasteiger partial charge in [0.25, 0.3) is 0 Å². The molecular formula is C11H18N2O6. The Morgan fingerprint density at radius 2 is 2.05 bits per heavy atom. The quantitative estimate of drug-likeness (QED) is 0.708. The Morgan fingerprint density at radius 3 is 2.58 bits per heavy atom. The summed E-state index contributed by atoms with van der Waals surface area (Å²) in [5.41, 5.74) is 0. The number of ether oxygens (including phenoxy) is 1. The Hall–Kier alpha value is -1.64. The fourth-order valence-electron chi connectivity index (χ4n) is 1.24. The fraction of sp³-hybridized carbons (Fsp3) is 0.636. The third-order valence-corrected chi connectivity index (χ3v) is 2.17. The predicted molar refractivity (Wildman–Crippen MR) is 63.1 cm³/mol. The molecule has 0 aromatic heterocycles. The van der Waals surface area contributed by atoms with Crippen molar-refractivity contribution in [1.82, 2.24) is 10.7 Å². The summed E-state index contributed by atoms with van der Waals surface area (Å²) < 4.78 is 4.74. The molecule has 8 heteroatoms. The Kier molecular flexibility index (Phi) is 6.26. The van der Waals surface area contributed by atoms with Crippen molar-refractivity contribution in [2.75, 3.05) is 19.8 Å². The highest BCUT2D eigenvalue weighted by Crippen LogP contribution is 2.09. The van der Waals surface area contributed by atoms with Crippen molar-refractivity contribution in [3.05, 3.63) is 12.7 Å². The van der Waals surface area contributed by atoms with E-state index in [-0.39, 0.29) is 12.5 Å². The van der Waals surface area contributed by atoms with Crippen molar-refractivity contribution in [2.45, 2.75) is 19.9 Å². The minimum Gasteiger partial charge on any atom is -0.445 e. The second-order valence-corrected chi connectivity index (χ2v) is 4.05. The summed E-state index contributed by atoms with van der Waals surface area (Å²) in [5, 5.41) is 3.04. The van der Waals surface area contributed by atoms with E-state index < -0.39 is 18.1 Å². The van der Waals surface area contributed by atoms with Crippen LogP contribution >= 0.6 is 0 Å². The van der Waals surface area contributed by atoms with Gasteiger partial charge in [-0.3, -0.25) is 0 Å². The Labute approximate surface area is 111 Å². The molecule has 1 rings (SSSR count). The van der Waals surface area contributed by atoms with Gasteiger partial charge in [0.1, 0.15) is 31.3 Å². The number of rotatable bonds is 6. The first-order chi connectivity index (χ1) is 9.04. The summed E-state index contributed by atoms with van der Waals surface area (Å²) in [6.07, 6.45) is 0.701. The summed E-state index contributed by atoms with van der Waals surface area (Å²) >= 11 is 0. The third-order valence-electron chi connectivity index (χ3n) is 2.17. The molecule has 0 aromatic carbocycles. The normalized spacial score (nSPS) is 17.0. The van der Waals surface area contributed by atoms with Crippen molar-refractivity contribution in [3.63, 3.8) is 0 Å². The van der Waals surface area contributed by atoms with Gasteiger partial charge in [0, 0.05) is 0 Å². The van der Waals surface area contributed by atoms with Crippen LogP contribution in [-0.2, 0) is 24.0 Å². The predicted octanol–water partition coefficient (Wildman–Crippen LogP) is 0.560. The van der Waals surface area contributed by atoms with Gasteiger partial charge < -0.3 is 14.9 Å². The second-order valence-electron chi connectivity index (χ2n) is 4.05. The van der Waals surface area contributed by atoms with Gasteiger partial charge in [-0.15, -0.1) is 0 Å². The zero-order chi connectivity index (χ0) is 14.3. The van der Waals surface area contributed by atoms with Crippen molar-refractivity contribution < 1.29 is 28.8 Å². The standard InChI is InChI=1S/C11H18N2O6/c1-4-5-16-11(15)12-9(8(2)3)10(14)19-13-17-6-7-18-13/h4,8-9H,1,5-7H2,2-3H3,(H,12,15). The molecular weight excluding hydrogens is 256 g/mol. The molecule has 0 radical (unpaired) electrons. The molecule has 0 bridgehead atoms. The number of hydrogen-bond donors (Lipinski definition) is 1. The van der Waals surface area contributed by atoms with E-state index >= 15 is 0 Å². The van der Waals surface area contributed by atoms with Crippen molar-refractivity contribution in [2.24, 2.45) is 5.92 Å². The van der Waals surface area contributed by atoms with Crippen molar-refractivity contribution in [1.29, 1.82) is 0 Å². The molecule has 0 aliphatic carbocycles. The molecule has 1 heterocycles. The van der Waals surface area contributed by atoms with Gasteiger partial charge in [0.05, 0.1) is 0 Å². The van der Waals surface area contributed by atoms with Crippen molar-refractivity contribution in [3.8, 4) is 0 Å². The summed E-state index contributed by atoms with van der Waals surface area (Å²) in [6.45, 7) is 7.58. The maximum Gasteiger partial charge on any atom is 0.408 e. The molecule has 1 aliphatic heterocycles. The maximum absolute atomic E-state index is 11.8. The van der Waals surface area contributed by atoms with Crippen LogP contribution in [0.4, 0.5) is 4.79 Å². The highest BCUT2D eigenvalue weighted by atomic mass is 17.2. The van der Waals surface area contributed by atoms with E-state index in [1.54, 1.807) is 13.8 Å². The smallest absolute Gasteiger partial charge is 0.408 e. The highest BCUT2D eigenvalue weighted by molar-refractivity contribution is 5.81. The number of alkyl carbamates (subject to hydrolysis) is 1. The minimum absolute atomic E-state index is 0.0596. The highest BCUT2D eigenvalue weighted by Gasteiger charge is 2.30. The lowest BCUT2D eigenvalue weighted by molar-refractivity contribution is -0.460. The van der Waals surface area contributed by atoms with Crippen LogP contribution in [0.1, 0.15) is 13.8 Å². The first kappa shape index (κ1) is 15.4. The number of amides is 1. The van der Waals surface area contributed by atoms with E-state index in [1.807, 2.05) is 0 Å². The number of nitrogens with one attached hydrogen (secondary N) is 1. The van der Waals surface area contributed by atoms with Gasteiger partial charge in [0.2, 0.25) is 0 Å². The van der Waals surface area contributed by atoms with Gasteiger partial charge in [0.15, 0.2) is 0 Å². The van der Waals surface area contributed by atoms with Gasteiger partial charge >= 0.3 is 12.1 Å². The lowest BCUT2D eigenvalue weighted by atomic mass is 10.1. The lowest BCUT2D eigenvalue weighted by Gasteiger charge is -2.21. The topological polar surface area (TPSA) is 86.3 Å². The second kappa shape index (κ2) is 7.72. The molecule has 19 heavy (non-hydrogen) atoms. The summed E-state index contributed by atoms with van der Waals surface area (Å²) in [6, 6.07) is -0.870. The van der Waals surface area contributed by atoms with Gasteiger partial charge in [-0.05, 0) is 5.92 Å². The van der Waals surface area contributed by atoms with E-state index in [9.17, 15) is 9.59 Å². The third kappa shape index (κ3) is 5.25. The Morgan fingerprint density at radius 1 is 1.42 bits per heavy atom. The fourth-order valence-corrected chi connectivity index (χ4v) is 1.24. The first-order valence-corrected chi connectivity index (χ1v) is 5.86. The van der Waals surface area contributed by atoms with Gasteiger partial charge in [-0.25, -0.2) is 19.3 Å². The number of carbonyl (C=O) groups is 2.